The summed E-state index contributed by atoms with van der Waals surface area (Å²) in [6.07, 6.45) is 11.6. The first-order valence-electron chi connectivity index (χ1n) is 10.2. The first-order chi connectivity index (χ1) is 11.9. The first kappa shape index (κ1) is 17.3. The Morgan fingerprint density at radius 3 is 2.68 bits per heavy atom. The molecule has 0 aromatic heterocycles. The summed E-state index contributed by atoms with van der Waals surface area (Å²) in [6, 6.07) is 0. The van der Waals surface area contributed by atoms with Gasteiger partial charge in [0.1, 0.15) is 11.9 Å². The fourth-order valence-corrected chi connectivity index (χ4v) is 7.49. The van der Waals surface area contributed by atoms with E-state index in [1.54, 1.807) is 6.92 Å². The molecular formula is C22H32O3. The Kier molecular flexibility index (Phi) is 4.12. The zero-order valence-corrected chi connectivity index (χ0v) is 15.9. The van der Waals surface area contributed by atoms with Crippen LogP contribution in [0.3, 0.4) is 0 Å². The number of fused-ring (bicyclic) bond motifs is 5. The summed E-state index contributed by atoms with van der Waals surface area (Å²) in [6.45, 7) is 7.29. The third-order valence-electron chi connectivity index (χ3n) is 8.80. The van der Waals surface area contributed by atoms with E-state index in [9.17, 15) is 9.59 Å². The highest BCUT2D eigenvalue weighted by molar-refractivity contribution is 5.79. The molecule has 0 saturated heterocycles. The van der Waals surface area contributed by atoms with Crippen molar-refractivity contribution in [2.24, 2.45) is 34.5 Å². The number of rotatable bonds is 3. The number of ether oxygens (including phenoxy) is 1. The molecule has 0 amide bonds. The molecule has 138 valence electrons. The number of hydrogen-bond acceptors (Lipinski definition) is 3. The minimum atomic E-state index is 0.0794. The number of carbonyl (C=O) groups is 2. The lowest BCUT2D eigenvalue weighted by atomic mass is 9.47. The van der Waals surface area contributed by atoms with Crippen LogP contribution in [-0.4, -0.2) is 18.4 Å². The number of carbonyl (C=O) groups excluding carboxylic acids is 2. The van der Waals surface area contributed by atoms with E-state index in [2.05, 4.69) is 19.9 Å². The maximum absolute atomic E-state index is 12.2. The van der Waals surface area contributed by atoms with Gasteiger partial charge in [-0.25, -0.2) is 0 Å². The van der Waals surface area contributed by atoms with Gasteiger partial charge in [-0.1, -0.05) is 25.5 Å². The van der Waals surface area contributed by atoms with E-state index in [4.69, 9.17) is 4.74 Å². The smallest absolute Gasteiger partial charge is 0.293 e. The normalized spacial score (nSPS) is 48.6. The van der Waals surface area contributed by atoms with Gasteiger partial charge in [0.25, 0.3) is 6.47 Å². The molecule has 4 aliphatic carbocycles. The molecule has 4 aliphatic rings. The lowest BCUT2D eigenvalue weighted by Crippen LogP contribution is -2.51. The van der Waals surface area contributed by atoms with E-state index in [1.165, 1.54) is 24.8 Å². The van der Waals surface area contributed by atoms with Gasteiger partial charge in [-0.05, 0) is 80.5 Å². The van der Waals surface area contributed by atoms with E-state index in [-0.39, 0.29) is 22.9 Å². The van der Waals surface area contributed by atoms with Crippen molar-refractivity contribution < 1.29 is 14.3 Å². The molecule has 0 N–H and O–H groups in total. The summed E-state index contributed by atoms with van der Waals surface area (Å²) >= 11 is 0. The molecule has 0 spiro atoms. The molecule has 3 fully saturated rings. The Bertz CT molecular complexity index is 608. The topological polar surface area (TPSA) is 43.4 Å². The van der Waals surface area contributed by atoms with Crippen molar-refractivity contribution in [2.45, 2.75) is 78.2 Å². The van der Waals surface area contributed by atoms with Crippen LogP contribution in [0.25, 0.3) is 0 Å². The summed E-state index contributed by atoms with van der Waals surface area (Å²) in [7, 11) is 0. The maximum Gasteiger partial charge on any atom is 0.293 e. The van der Waals surface area contributed by atoms with Crippen molar-refractivity contribution in [3.05, 3.63) is 11.6 Å². The molecule has 0 aliphatic heterocycles. The van der Waals surface area contributed by atoms with Gasteiger partial charge in [0.2, 0.25) is 0 Å². The highest BCUT2D eigenvalue weighted by Gasteiger charge is 2.59. The first-order valence-corrected chi connectivity index (χ1v) is 10.2. The number of ketones is 1. The summed E-state index contributed by atoms with van der Waals surface area (Å²) in [5, 5.41) is 0. The second-order valence-corrected chi connectivity index (χ2v) is 9.64. The molecule has 25 heavy (non-hydrogen) atoms. The minimum absolute atomic E-state index is 0.0794. The lowest BCUT2D eigenvalue weighted by Gasteiger charge is -2.58. The fraction of sp³-hybridized carbons (Fsp3) is 0.818. The average molecular weight is 344 g/mol. The predicted octanol–water partition coefficient (Wildman–Crippen LogP) is 4.70. The highest BCUT2D eigenvalue weighted by Crippen LogP contribution is 2.66. The molecule has 4 rings (SSSR count). The van der Waals surface area contributed by atoms with Crippen molar-refractivity contribution in [2.75, 3.05) is 0 Å². The standard InChI is InChI=1S/C22H32O3/c1-14(24)18-6-7-19-17-5-4-15-12-16(25-13-23)8-10-21(15,2)20(17)9-11-22(18,19)3/h4,13,16-20H,5-12H2,1-3H3/t16-,17-,18+,19-,20-,21-,22+/m0/s1. The maximum atomic E-state index is 12.2. The van der Waals surface area contributed by atoms with E-state index in [0.717, 1.165) is 43.9 Å². The van der Waals surface area contributed by atoms with Crippen molar-refractivity contribution >= 4 is 12.3 Å². The predicted molar refractivity (Wildman–Crippen MR) is 96.8 cm³/mol. The molecule has 3 nitrogen and oxygen atoms in total. The third-order valence-corrected chi connectivity index (χ3v) is 8.80. The van der Waals surface area contributed by atoms with Crippen LogP contribution in [0.1, 0.15) is 72.1 Å². The van der Waals surface area contributed by atoms with Gasteiger partial charge in [0, 0.05) is 12.3 Å². The molecule has 3 saturated carbocycles. The lowest BCUT2D eigenvalue weighted by molar-refractivity contribution is -0.136. The van der Waals surface area contributed by atoms with E-state index in [0.29, 0.717) is 18.2 Å². The summed E-state index contributed by atoms with van der Waals surface area (Å²) in [4.78, 5) is 22.9. The van der Waals surface area contributed by atoms with Gasteiger partial charge in [-0.3, -0.25) is 9.59 Å². The van der Waals surface area contributed by atoms with Crippen LogP contribution in [0.5, 0.6) is 0 Å². The Labute approximate surface area is 151 Å². The van der Waals surface area contributed by atoms with Gasteiger partial charge < -0.3 is 4.74 Å². The quantitative estimate of drug-likeness (QED) is 0.551. The molecule has 0 aromatic rings. The van der Waals surface area contributed by atoms with Crippen LogP contribution in [-0.2, 0) is 14.3 Å². The number of allylic oxidation sites excluding steroid dienone is 1. The minimum Gasteiger partial charge on any atom is -0.464 e. The largest absolute Gasteiger partial charge is 0.464 e. The molecule has 0 heterocycles. The fourth-order valence-electron chi connectivity index (χ4n) is 7.49. The van der Waals surface area contributed by atoms with Crippen LogP contribution in [0.15, 0.2) is 11.6 Å². The van der Waals surface area contributed by atoms with Gasteiger partial charge in [-0.15, -0.1) is 0 Å². The van der Waals surface area contributed by atoms with Crippen molar-refractivity contribution in [1.82, 2.24) is 0 Å². The second-order valence-electron chi connectivity index (χ2n) is 9.64. The SMILES string of the molecule is CC(=O)[C@H]1CC[C@H]2[C@@H]3CC=C4C[C@@H](OC=O)CC[C@]4(C)[C@H]3CC[C@]12C. The Hall–Kier alpha value is -1.12. The zero-order chi connectivity index (χ0) is 17.8. The van der Waals surface area contributed by atoms with Crippen LogP contribution >= 0.6 is 0 Å². The molecule has 0 unspecified atom stereocenters. The van der Waals surface area contributed by atoms with Crippen LogP contribution in [0.4, 0.5) is 0 Å². The van der Waals surface area contributed by atoms with E-state index in [1.807, 2.05) is 0 Å². The van der Waals surface area contributed by atoms with Crippen LogP contribution < -0.4 is 0 Å². The van der Waals surface area contributed by atoms with Crippen molar-refractivity contribution in [1.29, 1.82) is 0 Å². The molecular weight excluding hydrogens is 312 g/mol. The van der Waals surface area contributed by atoms with E-state index >= 15 is 0 Å². The summed E-state index contributed by atoms with van der Waals surface area (Å²) in [5.74, 6) is 2.88. The molecule has 3 heteroatoms. The Morgan fingerprint density at radius 1 is 1.16 bits per heavy atom. The van der Waals surface area contributed by atoms with Gasteiger partial charge >= 0.3 is 0 Å². The monoisotopic (exact) mass is 344 g/mol. The zero-order valence-electron chi connectivity index (χ0n) is 15.9. The van der Waals surface area contributed by atoms with Gasteiger partial charge in [0.05, 0.1) is 0 Å². The Balaban J connectivity index is 1.61. The van der Waals surface area contributed by atoms with Crippen LogP contribution in [0, 0.1) is 34.5 Å². The molecule has 0 aromatic carbocycles. The number of hydrogen-bond donors (Lipinski definition) is 0. The van der Waals surface area contributed by atoms with Gasteiger partial charge in [-0.2, -0.15) is 0 Å². The second kappa shape index (κ2) is 5.96. The highest BCUT2D eigenvalue weighted by atomic mass is 16.5. The Morgan fingerprint density at radius 2 is 1.96 bits per heavy atom. The van der Waals surface area contributed by atoms with Crippen LogP contribution in [0.2, 0.25) is 0 Å². The van der Waals surface area contributed by atoms with Gasteiger partial charge in [0.15, 0.2) is 0 Å². The average Bonchev–Trinajstić information content (AvgIpc) is 2.93. The third kappa shape index (κ3) is 2.44. The van der Waals surface area contributed by atoms with Crippen molar-refractivity contribution in [3.8, 4) is 0 Å². The molecule has 0 radical (unpaired) electrons. The summed E-state index contributed by atoms with van der Waals surface area (Å²) < 4.78 is 5.28. The molecule has 0 bridgehead atoms. The number of Topliss-reactive ketones (excluding diaryl/α,β-unsaturated/α-hetero) is 1. The van der Waals surface area contributed by atoms with Crippen molar-refractivity contribution in [3.63, 3.8) is 0 Å². The molecule has 7 atom stereocenters. The van der Waals surface area contributed by atoms with E-state index < -0.39 is 0 Å². The summed E-state index contributed by atoms with van der Waals surface area (Å²) in [5.41, 5.74) is 2.05.